The van der Waals surface area contributed by atoms with E-state index in [1.807, 2.05) is 29.2 Å². The minimum absolute atomic E-state index is 0.0256. The van der Waals surface area contributed by atoms with Gasteiger partial charge in [0.05, 0.1) is 13.2 Å². The lowest BCUT2D eigenvalue weighted by molar-refractivity contribution is -0.130. The summed E-state index contributed by atoms with van der Waals surface area (Å²) in [6.45, 7) is 7.13. The maximum absolute atomic E-state index is 12.6. The molecule has 116 valence electrons. The van der Waals surface area contributed by atoms with Crippen LogP contribution in [-0.2, 0) is 4.79 Å². The molecule has 1 aromatic carbocycles. The Kier molecular flexibility index (Phi) is 5.23. The number of carbonyl (C=O) groups is 1. The van der Waals surface area contributed by atoms with E-state index < -0.39 is 0 Å². The van der Waals surface area contributed by atoms with E-state index >= 15 is 0 Å². The number of methoxy groups -OCH3 is 1. The number of carbonyl (C=O) groups excluding carboxylic acids is 1. The third kappa shape index (κ3) is 3.38. The number of amides is 1. The summed E-state index contributed by atoms with van der Waals surface area (Å²) in [4.78, 5) is 14.6. The van der Waals surface area contributed by atoms with Gasteiger partial charge in [-0.15, -0.1) is 0 Å². The Labute approximate surface area is 127 Å². The number of benzene rings is 1. The summed E-state index contributed by atoms with van der Waals surface area (Å²) in [5.74, 6) is 1.35. The molecule has 21 heavy (non-hydrogen) atoms. The third-order valence-electron chi connectivity index (χ3n) is 4.05. The molecule has 1 aromatic rings. The van der Waals surface area contributed by atoms with Gasteiger partial charge in [-0.2, -0.15) is 0 Å². The summed E-state index contributed by atoms with van der Waals surface area (Å²) in [5.41, 5.74) is 1.11. The lowest BCUT2D eigenvalue weighted by Crippen LogP contribution is -2.34. The van der Waals surface area contributed by atoms with Crippen LogP contribution < -0.4 is 10.1 Å². The van der Waals surface area contributed by atoms with Crippen molar-refractivity contribution in [2.24, 2.45) is 5.92 Å². The van der Waals surface area contributed by atoms with Crippen molar-refractivity contribution in [2.45, 2.75) is 45.8 Å². The van der Waals surface area contributed by atoms with E-state index in [1.54, 1.807) is 7.11 Å². The van der Waals surface area contributed by atoms with Gasteiger partial charge in [-0.1, -0.05) is 39.3 Å². The molecule has 2 unspecified atom stereocenters. The first-order valence-corrected chi connectivity index (χ1v) is 7.79. The average molecular weight is 290 g/mol. The molecule has 4 heteroatoms. The van der Waals surface area contributed by atoms with Gasteiger partial charge in [0.2, 0.25) is 5.91 Å². The van der Waals surface area contributed by atoms with Crippen LogP contribution in [0.2, 0.25) is 0 Å². The summed E-state index contributed by atoms with van der Waals surface area (Å²) < 4.78 is 5.20. The number of ether oxygens (including phenoxy) is 1. The molecule has 0 spiro atoms. The maximum Gasteiger partial charge on any atom is 0.241 e. The molecular formula is C17H26N2O2. The van der Waals surface area contributed by atoms with Crippen molar-refractivity contribution in [1.82, 2.24) is 10.2 Å². The van der Waals surface area contributed by atoms with Crippen molar-refractivity contribution >= 4 is 5.91 Å². The molecule has 0 radical (unpaired) electrons. The zero-order valence-corrected chi connectivity index (χ0v) is 13.4. The molecule has 2 atom stereocenters. The number of rotatable bonds is 6. The second-order valence-corrected chi connectivity index (χ2v) is 5.95. The van der Waals surface area contributed by atoms with Crippen molar-refractivity contribution in [3.63, 3.8) is 0 Å². The van der Waals surface area contributed by atoms with Gasteiger partial charge in [-0.3, -0.25) is 10.1 Å². The van der Waals surface area contributed by atoms with Gasteiger partial charge in [-0.05, 0) is 30.0 Å². The molecule has 1 aliphatic heterocycles. The second kappa shape index (κ2) is 6.94. The lowest BCUT2D eigenvalue weighted by atomic mass is 10.0. The predicted molar refractivity (Wildman–Crippen MR) is 84.1 cm³/mol. The van der Waals surface area contributed by atoms with E-state index in [0.717, 1.165) is 30.7 Å². The standard InChI is InChI=1S/C17H26N2O2/c1-5-6-11-19-16(18-15(12(2)3)17(19)20)13-7-9-14(21-4)10-8-13/h7-10,12,15-16,18H,5-6,11H2,1-4H3. The molecule has 0 aromatic heterocycles. The quantitative estimate of drug-likeness (QED) is 0.876. The molecule has 1 aliphatic rings. The number of hydrogen-bond acceptors (Lipinski definition) is 3. The summed E-state index contributed by atoms with van der Waals surface area (Å²) in [7, 11) is 1.66. The van der Waals surface area contributed by atoms with Crippen LogP contribution in [0.4, 0.5) is 0 Å². The van der Waals surface area contributed by atoms with E-state index in [0.29, 0.717) is 5.92 Å². The van der Waals surface area contributed by atoms with Crippen molar-refractivity contribution < 1.29 is 9.53 Å². The largest absolute Gasteiger partial charge is 0.497 e. The van der Waals surface area contributed by atoms with Crippen LogP contribution in [-0.4, -0.2) is 30.5 Å². The van der Waals surface area contributed by atoms with E-state index in [2.05, 4.69) is 26.1 Å². The van der Waals surface area contributed by atoms with E-state index in [-0.39, 0.29) is 18.1 Å². The normalized spacial score (nSPS) is 22.1. The van der Waals surface area contributed by atoms with Crippen LogP contribution in [0.25, 0.3) is 0 Å². The molecule has 1 fully saturated rings. The second-order valence-electron chi connectivity index (χ2n) is 5.95. The Balaban J connectivity index is 2.22. The molecule has 0 aliphatic carbocycles. The monoisotopic (exact) mass is 290 g/mol. The van der Waals surface area contributed by atoms with Crippen molar-refractivity contribution in [3.8, 4) is 5.75 Å². The number of nitrogens with zero attached hydrogens (tertiary/aromatic N) is 1. The Morgan fingerprint density at radius 1 is 1.29 bits per heavy atom. The van der Waals surface area contributed by atoms with Gasteiger partial charge >= 0.3 is 0 Å². The highest BCUT2D eigenvalue weighted by atomic mass is 16.5. The minimum Gasteiger partial charge on any atom is -0.497 e. The van der Waals surface area contributed by atoms with Crippen molar-refractivity contribution in [1.29, 1.82) is 0 Å². The first-order chi connectivity index (χ1) is 10.1. The molecule has 4 nitrogen and oxygen atoms in total. The summed E-state index contributed by atoms with van der Waals surface area (Å²) in [6.07, 6.45) is 2.10. The van der Waals surface area contributed by atoms with Gasteiger partial charge in [0, 0.05) is 6.54 Å². The highest BCUT2D eigenvalue weighted by molar-refractivity contribution is 5.84. The molecule has 2 rings (SSSR count). The fourth-order valence-corrected chi connectivity index (χ4v) is 2.74. The third-order valence-corrected chi connectivity index (χ3v) is 4.05. The van der Waals surface area contributed by atoms with E-state index in [4.69, 9.17) is 4.74 Å². The summed E-state index contributed by atoms with van der Waals surface area (Å²) >= 11 is 0. The Morgan fingerprint density at radius 2 is 1.95 bits per heavy atom. The maximum atomic E-state index is 12.6. The minimum atomic E-state index is -0.0889. The molecule has 0 saturated carbocycles. The molecule has 0 bridgehead atoms. The van der Waals surface area contributed by atoms with Crippen LogP contribution in [0.15, 0.2) is 24.3 Å². The number of nitrogens with one attached hydrogen (secondary N) is 1. The smallest absolute Gasteiger partial charge is 0.241 e. The van der Waals surface area contributed by atoms with Gasteiger partial charge < -0.3 is 9.64 Å². The van der Waals surface area contributed by atoms with Gasteiger partial charge in [-0.25, -0.2) is 0 Å². The Morgan fingerprint density at radius 3 is 2.48 bits per heavy atom. The first-order valence-electron chi connectivity index (χ1n) is 7.79. The fourth-order valence-electron chi connectivity index (χ4n) is 2.74. The Hall–Kier alpha value is -1.55. The highest BCUT2D eigenvalue weighted by Crippen LogP contribution is 2.29. The van der Waals surface area contributed by atoms with Gasteiger partial charge in [0.15, 0.2) is 0 Å². The number of hydrogen-bond donors (Lipinski definition) is 1. The average Bonchev–Trinajstić information content (AvgIpc) is 2.82. The van der Waals surface area contributed by atoms with E-state index in [1.165, 1.54) is 0 Å². The van der Waals surface area contributed by atoms with Crippen LogP contribution in [0.3, 0.4) is 0 Å². The SMILES string of the molecule is CCCCN1C(=O)C(C(C)C)NC1c1ccc(OC)cc1. The van der Waals surface area contributed by atoms with Crippen LogP contribution >= 0.6 is 0 Å². The fraction of sp³-hybridized carbons (Fsp3) is 0.588. The Bertz CT molecular complexity index is 470. The molecule has 1 heterocycles. The summed E-state index contributed by atoms with van der Waals surface area (Å²) in [6, 6.07) is 7.87. The topological polar surface area (TPSA) is 41.6 Å². The van der Waals surface area contributed by atoms with Crippen molar-refractivity contribution in [2.75, 3.05) is 13.7 Å². The molecule has 1 amide bonds. The predicted octanol–water partition coefficient (Wildman–Crippen LogP) is 2.95. The molecule has 1 N–H and O–H groups in total. The van der Waals surface area contributed by atoms with Gasteiger partial charge in [0.1, 0.15) is 11.9 Å². The van der Waals surface area contributed by atoms with E-state index in [9.17, 15) is 4.79 Å². The molecule has 1 saturated heterocycles. The lowest BCUT2D eigenvalue weighted by Gasteiger charge is -2.24. The van der Waals surface area contributed by atoms with Gasteiger partial charge in [0.25, 0.3) is 0 Å². The zero-order chi connectivity index (χ0) is 15.4. The van der Waals surface area contributed by atoms with Crippen LogP contribution in [0.1, 0.15) is 45.3 Å². The van der Waals surface area contributed by atoms with Crippen molar-refractivity contribution in [3.05, 3.63) is 29.8 Å². The highest BCUT2D eigenvalue weighted by Gasteiger charge is 2.40. The number of unbranched alkanes of at least 4 members (excludes halogenated alkanes) is 1. The zero-order valence-electron chi connectivity index (χ0n) is 13.4. The molecular weight excluding hydrogens is 264 g/mol. The van der Waals surface area contributed by atoms with Crippen LogP contribution in [0.5, 0.6) is 5.75 Å². The first kappa shape index (κ1) is 15.8. The van der Waals surface area contributed by atoms with Crippen LogP contribution in [0, 0.1) is 5.92 Å². The summed E-state index contributed by atoms with van der Waals surface area (Å²) in [5, 5.41) is 3.49.